The van der Waals surface area contributed by atoms with Gasteiger partial charge in [-0.2, -0.15) is 0 Å². The summed E-state index contributed by atoms with van der Waals surface area (Å²) in [5, 5.41) is 0. The Morgan fingerprint density at radius 1 is 1.23 bits per heavy atom. The average molecular weight is 302 g/mol. The van der Waals surface area contributed by atoms with Gasteiger partial charge in [-0.05, 0) is 74.3 Å². The van der Waals surface area contributed by atoms with Crippen molar-refractivity contribution < 1.29 is 4.39 Å². The molecule has 0 amide bonds. The largest absolute Gasteiger partial charge is 0.207 e. The van der Waals surface area contributed by atoms with Gasteiger partial charge in [0.25, 0.3) is 0 Å². The van der Waals surface area contributed by atoms with Crippen LogP contribution in [0.5, 0.6) is 0 Å². The number of hydrogen-bond acceptors (Lipinski definition) is 0. The third-order valence-corrected chi connectivity index (χ3v) is 4.53. The maximum atomic E-state index is 13.6. The molecule has 2 rings (SSSR count). The van der Waals surface area contributed by atoms with Crippen LogP contribution in [0.25, 0.3) is 5.57 Å². The predicted molar refractivity (Wildman–Crippen MR) is 96.7 cm³/mol. The highest BCUT2D eigenvalue weighted by Gasteiger charge is 2.13. The normalized spacial score (nSPS) is 15.6. The third kappa shape index (κ3) is 4.56. The van der Waals surface area contributed by atoms with Crippen LogP contribution in [0.2, 0.25) is 0 Å². The van der Waals surface area contributed by atoms with Gasteiger partial charge in [-0.3, -0.25) is 0 Å². The van der Waals surface area contributed by atoms with E-state index in [-0.39, 0.29) is 5.82 Å². The summed E-state index contributed by atoms with van der Waals surface area (Å²) in [7, 11) is 0. The quantitative estimate of drug-likeness (QED) is 0.548. The second-order valence-corrected chi connectivity index (χ2v) is 6.01. The average Bonchev–Trinajstić information content (AvgIpc) is 2.46. The Morgan fingerprint density at radius 2 is 1.86 bits per heavy atom. The van der Waals surface area contributed by atoms with E-state index in [9.17, 15) is 4.39 Å². The van der Waals surface area contributed by atoms with Crippen LogP contribution in [0.4, 0.5) is 4.39 Å². The summed E-state index contributed by atoms with van der Waals surface area (Å²) in [4.78, 5) is 0. The first-order valence-corrected chi connectivity index (χ1v) is 8.69. The van der Waals surface area contributed by atoms with Crippen molar-refractivity contribution in [3.8, 4) is 0 Å². The molecule has 0 aliphatic heterocycles. The van der Waals surface area contributed by atoms with Crippen LogP contribution in [-0.4, -0.2) is 0 Å². The summed E-state index contributed by atoms with van der Waals surface area (Å²) in [6, 6.07) is 5.21. The Bertz CT molecular complexity index is 543. The molecule has 1 heteroatoms. The molecule has 0 nitrogen and oxygen atoms in total. The summed E-state index contributed by atoms with van der Waals surface area (Å²) >= 11 is 0. The van der Waals surface area contributed by atoms with Crippen LogP contribution in [0, 0.1) is 5.82 Å². The zero-order valence-electron chi connectivity index (χ0n) is 15.1. The molecule has 0 N–H and O–H groups in total. The molecule has 1 atom stereocenters. The number of halogens is 1. The summed E-state index contributed by atoms with van der Waals surface area (Å²) in [6.07, 6.45) is 7.09. The van der Waals surface area contributed by atoms with Crippen LogP contribution in [0.1, 0.15) is 84.3 Å². The standard InChI is InChI=1S/C19H25F.C2H6/c1-5-13(2)18-10-9-17(20)12-19(18)15(4)11-14(3)16-7-6-8-16;1-2/h9-13H,5-8H2,1-4H3;1-2H3/b15-11-;. The van der Waals surface area contributed by atoms with Gasteiger partial charge in [0.05, 0.1) is 0 Å². The van der Waals surface area contributed by atoms with Gasteiger partial charge in [0, 0.05) is 0 Å². The minimum Gasteiger partial charge on any atom is -0.207 e. The van der Waals surface area contributed by atoms with Gasteiger partial charge in [0.2, 0.25) is 0 Å². The highest BCUT2D eigenvalue weighted by atomic mass is 19.1. The van der Waals surface area contributed by atoms with Gasteiger partial charge in [0.1, 0.15) is 5.82 Å². The zero-order valence-corrected chi connectivity index (χ0v) is 15.1. The van der Waals surface area contributed by atoms with E-state index in [4.69, 9.17) is 0 Å². The van der Waals surface area contributed by atoms with E-state index in [0.29, 0.717) is 5.92 Å². The maximum Gasteiger partial charge on any atom is 0.123 e. The van der Waals surface area contributed by atoms with Crippen molar-refractivity contribution >= 4 is 5.57 Å². The second kappa shape index (κ2) is 8.92. The van der Waals surface area contributed by atoms with E-state index in [2.05, 4.69) is 33.8 Å². The van der Waals surface area contributed by atoms with Crippen molar-refractivity contribution in [2.24, 2.45) is 0 Å². The molecule has 0 aromatic heterocycles. The molecular formula is C21H31F. The molecule has 0 saturated heterocycles. The van der Waals surface area contributed by atoms with Gasteiger partial charge in [-0.25, -0.2) is 4.39 Å². The number of hydrogen-bond donors (Lipinski definition) is 0. The highest BCUT2D eigenvalue weighted by molar-refractivity contribution is 5.69. The SMILES string of the molecule is CC.CCC(C)c1ccc(F)cc1/C(C)=C\C(C)=C1CCC1. The van der Waals surface area contributed by atoms with Crippen LogP contribution in [0.3, 0.4) is 0 Å². The molecule has 0 heterocycles. The van der Waals surface area contributed by atoms with Crippen molar-refractivity contribution in [2.75, 3.05) is 0 Å². The van der Waals surface area contributed by atoms with Crippen molar-refractivity contribution in [1.82, 2.24) is 0 Å². The van der Waals surface area contributed by atoms with Crippen molar-refractivity contribution in [1.29, 1.82) is 0 Å². The van der Waals surface area contributed by atoms with Gasteiger partial charge >= 0.3 is 0 Å². The Labute approximate surface area is 136 Å². The molecule has 122 valence electrons. The molecule has 1 aliphatic rings. The topological polar surface area (TPSA) is 0 Å². The van der Waals surface area contributed by atoms with E-state index >= 15 is 0 Å². The smallest absolute Gasteiger partial charge is 0.123 e. The predicted octanol–water partition coefficient (Wildman–Crippen LogP) is 7.27. The third-order valence-electron chi connectivity index (χ3n) is 4.53. The van der Waals surface area contributed by atoms with Crippen molar-refractivity contribution in [3.05, 3.63) is 52.4 Å². The van der Waals surface area contributed by atoms with E-state index < -0.39 is 0 Å². The molecule has 22 heavy (non-hydrogen) atoms. The first-order valence-electron chi connectivity index (χ1n) is 8.69. The molecule has 1 fully saturated rings. The summed E-state index contributed by atoms with van der Waals surface area (Å²) in [6.45, 7) is 12.7. The fraction of sp³-hybridized carbons (Fsp3) is 0.524. The molecule has 1 unspecified atom stereocenters. The molecule has 1 aliphatic carbocycles. The lowest BCUT2D eigenvalue weighted by Crippen LogP contribution is -2.01. The van der Waals surface area contributed by atoms with E-state index in [1.807, 2.05) is 19.9 Å². The van der Waals surface area contributed by atoms with Gasteiger partial charge in [0.15, 0.2) is 0 Å². The second-order valence-electron chi connectivity index (χ2n) is 6.01. The zero-order chi connectivity index (χ0) is 16.7. The van der Waals surface area contributed by atoms with Crippen molar-refractivity contribution in [2.45, 2.75) is 73.1 Å². The molecular weight excluding hydrogens is 271 g/mol. The number of rotatable bonds is 4. The van der Waals surface area contributed by atoms with E-state index in [1.165, 1.54) is 36.0 Å². The van der Waals surface area contributed by atoms with Gasteiger partial charge in [-0.1, -0.05) is 51.0 Å². The minimum absolute atomic E-state index is 0.145. The molecule has 0 spiro atoms. The lowest BCUT2D eigenvalue weighted by atomic mass is 9.86. The minimum atomic E-state index is -0.145. The molecule has 1 aromatic rings. The summed E-state index contributed by atoms with van der Waals surface area (Å²) in [5.41, 5.74) is 6.43. The Hall–Kier alpha value is -1.37. The number of allylic oxidation sites excluding steroid dienone is 4. The highest BCUT2D eigenvalue weighted by Crippen LogP contribution is 2.32. The molecule has 0 radical (unpaired) electrons. The van der Waals surface area contributed by atoms with Crippen LogP contribution >= 0.6 is 0 Å². The van der Waals surface area contributed by atoms with E-state index in [0.717, 1.165) is 12.0 Å². The van der Waals surface area contributed by atoms with Gasteiger partial charge < -0.3 is 0 Å². The molecule has 1 aromatic carbocycles. The van der Waals surface area contributed by atoms with Crippen molar-refractivity contribution in [3.63, 3.8) is 0 Å². The van der Waals surface area contributed by atoms with E-state index in [1.54, 1.807) is 17.7 Å². The molecule has 1 saturated carbocycles. The maximum absolute atomic E-state index is 13.6. The monoisotopic (exact) mass is 302 g/mol. The van der Waals surface area contributed by atoms with Crippen LogP contribution < -0.4 is 0 Å². The van der Waals surface area contributed by atoms with Gasteiger partial charge in [-0.15, -0.1) is 0 Å². The van der Waals surface area contributed by atoms with Crippen LogP contribution in [0.15, 0.2) is 35.4 Å². The fourth-order valence-electron chi connectivity index (χ4n) is 2.77. The lowest BCUT2D eigenvalue weighted by Gasteiger charge is -2.20. The Balaban J connectivity index is 0.00000116. The van der Waals surface area contributed by atoms with Crippen LogP contribution in [-0.2, 0) is 0 Å². The Morgan fingerprint density at radius 3 is 2.36 bits per heavy atom. The summed E-state index contributed by atoms with van der Waals surface area (Å²) in [5.74, 6) is 0.319. The fourth-order valence-corrected chi connectivity index (χ4v) is 2.77. The molecule has 0 bridgehead atoms. The Kier molecular flexibility index (Phi) is 7.58. The lowest BCUT2D eigenvalue weighted by molar-refractivity contribution is 0.624. The number of benzene rings is 1. The first kappa shape index (κ1) is 18.7. The first-order chi connectivity index (χ1) is 10.5. The summed E-state index contributed by atoms with van der Waals surface area (Å²) < 4.78 is 13.6.